The topological polar surface area (TPSA) is 66.3 Å². The maximum absolute atomic E-state index is 10.3. The Balaban J connectivity index is 2.27. The first-order valence-electron chi connectivity index (χ1n) is 4.46. The molecule has 0 saturated heterocycles. The van der Waals surface area contributed by atoms with Gasteiger partial charge in [0.15, 0.2) is 0 Å². The second-order valence-electron chi connectivity index (χ2n) is 3.23. The molecule has 1 rings (SSSR count). The number of carboxylic acids is 1. The summed E-state index contributed by atoms with van der Waals surface area (Å²) in [6.45, 7) is 1.31. The van der Waals surface area contributed by atoms with E-state index < -0.39 is 5.97 Å². The summed E-state index contributed by atoms with van der Waals surface area (Å²) in [4.78, 5) is 12.3. The highest BCUT2D eigenvalue weighted by molar-refractivity contribution is 7.10. The smallest absolute Gasteiger partial charge is 0.303 e. The molecule has 0 radical (unpaired) electrons. The lowest BCUT2D eigenvalue weighted by atomic mass is 10.3. The number of hydrogen-bond donors (Lipinski definition) is 1. The van der Waals surface area contributed by atoms with Gasteiger partial charge < -0.3 is 10.0 Å². The van der Waals surface area contributed by atoms with Gasteiger partial charge in [0.2, 0.25) is 0 Å². The molecule has 0 spiro atoms. The molecule has 0 bridgehead atoms. The fourth-order valence-electron chi connectivity index (χ4n) is 1.13. The Bertz CT molecular complexity index is 331. The van der Waals surface area contributed by atoms with Crippen molar-refractivity contribution < 1.29 is 9.90 Å². The van der Waals surface area contributed by atoms with Gasteiger partial charge in [-0.2, -0.15) is 0 Å². The Hall–Kier alpha value is -0.720. The average Bonchev–Trinajstić information content (AvgIpc) is 2.51. The zero-order valence-electron chi connectivity index (χ0n) is 8.31. The molecule has 0 amide bonds. The summed E-state index contributed by atoms with van der Waals surface area (Å²) in [5.41, 5.74) is 0.750. The van der Waals surface area contributed by atoms with Crippen molar-refractivity contribution in [2.75, 3.05) is 13.6 Å². The van der Waals surface area contributed by atoms with Gasteiger partial charge in [-0.25, -0.2) is 0 Å². The van der Waals surface area contributed by atoms with Crippen LogP contribution >= 0.6 is 23.1 Å². The summed E-state index contributed by atoms with van der Waals surface area (Å²) >= 11 is 7.00. The van der Waals surface area contributed by atoms with Crippen LogP contribution in [0.5, 0.6) is 0 Å². The molecule has 7 heteroatoms. The molecule has 1 aromatic rings. The first-order valence-corrected chi connectivity index (χ1v) is 5.62. The van der Waals surface area contributed by atoms with Crippen molar-refractivity contribution in [3.8, 4) is 0 Å². The molecule has 0 fully saturated rings. The molecule has 0 aliphatic heterocycles. The Labute approximate surface area is 96.8 Å². The number of nitrogens with zero attached hydrogens (tertiary/aromatic N) is 3. The Kier molecular flexibility index (Phi) is 4.93. The van der Waals surface area contributed by atoms with Crippen LogP contribution in [0.1, 0.15) is 18.5 Å². The number of carboxylic acid groups (broad SMARTS) is 1. The monoisotopic (exact) mass is 249 g/mol. The first-order chi connectivity index (χ1) is 7.09. The van der Waals surface area contributed by atoms with E-state index in [4.69, 9.17) is 16.7 Å². The SMILES string of the molecule is CN(CCCC(=O)O)Cc1nnsc1Cl. The minimum Gasteiger partial charge on any atom is -0.481 e. The van der Waals surface area contributed by atoms with Crippen LogP contribution in [0.3, 0.4) is 0 Å². The van der Waals surface area contributed by atoms with Gasteiger partial charge in [0.05, 0.1) is 0 Å². The van der Waals surface area contributed by atoms with Crippen LogP contribution in [0.15, 0.2) is 0 Å². The molecule has 1 aromatic heterocycles. The van der Waals surface area contributed by atoms with Gasteiger partial charge in [-0.3, -0.25) is 4.79 Å². The molecule has 0 aliphatic carbocycles. The van der Waals surface area contributed by atoms with Gasteiger partial charge in [-0.05, 0) is 20.0 Å². The van der Waals surface area contributed by atoms with E-state index in [1.807, 2.05) is 11.9 Å². The third kappa shape index (κ3) is 4.55. The average molecular weight is 250 g/mol. The van der Waals surface area contributed by atoms with E-state index in [9.17, 15) is 4.79 Å². The van der Waals surface area contributed by atoms with Crippen LogP contribution in [-0.4, -0.2) is 39.2 Å². The summed E-state index contributed by atoms with van der Waals surface area (Å²) in [5, 5.41) is 12.3. The molecule has 0 aliphatic rings. The van der Waals surface area contributed by atoms with Crippen LogP contribution in [0.4, 0.5) is 0 Å². The van der Waals surface area contributed by atoms with Crippen LogP contribution in [0.2, 0.25) is 4.34 Å². The van der Waals surface area contributed by atoms with Crippen LogP contribution in [0.25, 0.3) is 0 Å². The molecule has 1 N–H and O–H groups in total. The van der Waals surface area contributed by atoms with Gasteiger partial charge >= 0.3 is 5.97 Å². The highest BCUT2D eigenvalue weighted by atomic mass is 35.5. The number of aromatic nitrogens is 2. The lowest BCUT2D eigenvalue weighted by Gasteiger charge is -2.13. The second kappa shape index (κ2) is 5.99. The quantitative estimate of drug-likeness (QED) is 0.827. The van der Waals surface area contributed by atoms with Crippen LogP contribution in [0, 0.1) is 0 Å². The van der Waals surface area contributed by atoms with Gasteiger partial charge in [-0.15, -0.1) is 5.10 Å². The van der Waals surface area contributed by atoms with E-state index in [0.717, 1.165) is 17.2 Å². The van der Waals surface area contributed by atoms with E-state index in [2.05, 4.69) is 9.59 Å². The number of halogens is 1. The minimum atomic E-state index is -0.767. The number of rotatable bonds is 6. The van der Waals surface area contributed by atoms with Gasteiger partial charge in [0.25, 0.3) is 0 Å². The third-order valence-electron chi connectivity index (χ3n) is 1.86. The zero-order chi connectivity index (χ0) is 11.3. The fraction of sp³-hybridized carbons (Fsp3) is 0.625. The molecule has 0 unspecified atom stereocenters. The molecular formula is C8H12ClN3O2S. The van der Waals surface area contributed by atoms with Crippen molar-refractivity contribution in [1.82, 2.24) is 14.5 Å². The summed E-state index contributed by atoms with van der Waals surface area (Å²) in [7, 11) is 1.90. The first kappa shape index (κ1) is 12.4. The maximum atomic E-state index is 10.3. The Morgan fingerprint density at radius 1 is 1.67 bits per heavy atom. The summed E-state index contributed by atoms with van der Waals surface area (Å²) in [5.74, 6) is -0.767. The Morgan fingerprint density at radius 3 is 2.93 bits per heavy atom. The van der Waals surface area contributed by atoms with Crippen molar-refractivity contribution in [1.29, 1.82) is 0 Å². The van der Waals surface area contributed by atoms with E-state index in [0.29, 0.717) is 23.8 Å². The van der Waals surface area contributed by atoms with Gasteiger partial charge in [0, 0.05) is 24.5 Å². The van der Waals surface area contributed by atoms with E-state index in [-0.39, 0.29) is 6.42 Å². The second-order valence-corrected chi connectivity index (χ2v) is 4.58. The van der Waals surface area contributed by atoms with E-state index in [1.54, 1.807) is 0 Å². The van der Waals surface area contributed by atoms with Crippen molar-refractivity contribution in [3.63, 3.8) is 0 Å². The molecule has 0 saturated carbocycles. The van der Waals surface area contributed by atoms with Crippen LogP contribution in [-0.2, 0) is 11.3 Å². The fourth-order valence-corrected chi connectivity index (χ4v) is 1.74. The molecule has 0 aromatic carbocycles. The number of hydrogen-bond acceptors (Lipinski definition) is 5. The van der Waals surface area contributed by atoms with E-state index in [1.165, 1.54) is 0 Å². The molecular weight excluding hydrogens is 238 g/mol. The predicted octanol–water partition coefficient (Wildman–Crippen LogP) is 1.49. The minimum absolute atomic E-state index is 0.188. The molecule has 5 nitrogen and oxygen atoms in total. The summed E-state index contributed by atoms with van der Waals surface area (Å²) < 4.78 is 4.32. The highest BCUT2D eigenvalue weighted by Gasteiger charge is 2.08. The molecule has 0 atom stereocenters. The standard InChI is InChI=1S/C8H12ClN3O2S/c1-12(4-2-3-7(13)14)5-6-8(9)15-11-10-6/h2-5H2,1H3,(H,13,14). The van der Waals surface area contributed by atoms with Gasteiger partial charge in [0.1, 0.15) is 10.0 Å². The largest absolute Gasteiger partial charge is 0.481 e. The van der Waals surface area contributed by atoms with Crippen molar-refractivity contribution in [2.24, 2.45) is 0 Å². The molecule has 84 valence electrons. The van der Waals surface area contributed by atoms with Crippen LogP contribution < -0.4 is 0 Å². The Morgan fingerprint density at radius 2 is 2.40 bits per heavy atom. The normalized spacial score (nSPS) is 10.9. The maximum Gasteiger partial charge on any atom is 0.303 e. The highest BCUT2D eigenvalue weighted by Crippen LogP contribution is 2.18. The zero-order valence-corrected chi connectivity index (χ0v) is 9.88. The predicted molar refractivity (Wildman–Crippen MR) is 58.1 cm³/mol. The molecule has 1 heterocycles. The lowest BCUT2D eigenvalue weighted by Crippen LogP contribution is -2.20. The summed E-state index contributed by atoms with van der Waals surface area (Å²) in [6, 6.07) is 0. The molecule has 15 heavy (non-hydrogen) atoms. The van der Waals surface area contributed by atoms with Crippen molar-refractivity contribution in [3.05, 3.63) is 10.0 Å². The third-order valence-corrected chi connectivity index (χ3v) is 2.84. The van der Waals surface area contributed by atoms with E-state index >= 15 is 0 Å². The van der Waals surface area contributed by atoms with Crippen molar-refractivity contribution in [2.45, 2.75) is 19.4 Å². The van der Waals surface area contributed by atoms with Crippen molar-refractivity contribution >= 4 is 29.1 Å². The summed E-state index contributed by atoms with van der Waals surface area (Å²) in [6.07, 6.45) is 0.814. The number of aliphatic carboxylic acids is 1. The number of carbonyl (C=O) groups is 1. The lowest BCUT2D eigenvalue weighted by molar-refractivity contribution is -0.137. The van der Waals surface area contributed by atoms with Gasteiger partial charge in [-0.1, -0.05) is 16.1 Å².